The number of benzene rings is 2. The molecule has 2 aromatic carbocycles. The van der Waals surface area contributed by atoms with Crippen LogP contribution in [0.15, 0.2) is 71.3 Å². The minimum absolute atomic E-state index is 0.00193. The SMILES string of the molecule is Cc1onc(-c2ccccc2)c1C(=O)N1CCN(C/C=C\c2ccccc2)CC1. The second-order valence-electron chi connectivity index (χ2n) is 7.23. The summed E-state index contributed by atoms with van der Waals surface area (Å²) in [7, 11) is 0. The Kier molecular flexibility index (Phi) is 5.86. The van der Waals surface area contributed by atoms with E-state index < -0.39 is 0 Å². The summed E-state index contributed by atoms with van der Waals surface area (Å²) in [6, 6.07) is 20.0. The van der Waals surface area contributed by atoms with Gasteiger partial charge in [-0.25, -0.2) is 0 Å². The first-order valence-electron chi connectivity index (χ1n) is 9.97. The molecular weight excluding hydrogens is 362 g/mol. The first kappa shape index (κ1) is 19.2. The van der Waals surface area contributed by atoms with Gasteiger partial charge in [0, 0.05) is 38.3 Å². The van der Waals surface area contributed by atoms with Crippen molar-refractivity contribution in [1.82, 2.24) is 15.0 Å². The molecule has 4 rings (SSSR count). The van der Waals surface area contributed by atoms with E-state index >= 15 is 0 Å². The first-order chi connectivity index (χ1) is 14.2. The molecule has 0 atom stereocenters. The van der Waals surface area contributed by atoms with Crippen LogP contribution in [0.1, 0.15) is 21.7 Å². The summed E-state index contributed by atoms with van der Waals surface area (Å²) in [5.74, 6) is 0.573. The van der Waals surface area contributed by atoms with Crippen molar-refractivity contribution in [3.05, 3.63) is 83.6 Å². The third-order valence-electron chi connectivity index (χ3n) is 5.26. The molecule has 1 fully saturated rings. The number of hydrogen-bond donors (Lipinski definition) is 0. The number of carbonyl (C=O) groups excluding carboxylic acids is 1. The van der Waals surface area contributed by atoms with Gasteiger partial charge < -0.3 is 9.42 Å². The molecule has 0 N–H and O–H groups in total. The minimum atomic E-state index is 0.00193. The summed E-state index contributed by atoms with van der Waals surface area (Å²) in [6.45, 7) is 5.81. The molecule has 1 aliphatic rings. The van der Waals surface area contributed by atoms with Crippen molar-refractivity contribution < 1.29 is 9.32 Å². The number of hydrogen-bond acceptors (Lipinski definition) is 4. The van der Waals surface area contributed by atoms with Crippen molar-refractivity contribution in [2.45, 2.75) is 6.92 Å². The van der Waals surface area contributed by atoms with Crippen LogP contribution in [0.25, 0.3) is 17.3 Å². The molecule has 5 nitrogen and oxygen atoms in total. The maximum absolute atomic E-state index is 13.2. The highest BCUT2D eigenvalue weighted by Crippen LogP contribution is 2.26. The molecule has 0 spiro atoms. The summed E-state index contributed by atoms with van der Waals surface area (Å²) < 4.78 is 5.36. The van der Waals surface area contributed by atoms with Gasteiger partial charge in [0.15, 0.2) is 0 Å². The van der Waals surface area contributed by atoms with Crippen LogP contribution >= 0.6 is 0 Å². The second kappa shape index (κ2) is 8.88. The largest absolute Gasteiger partial charge is 0.360 e. The van der Waals surface area contributed by atoms with Gasteiger partial charge in [-0.3, -0.25) is 9.69 Å². The monoisotopic (exact) mass is 387 g/mol. The van der Waals surface area contributed by atoms with Crippen LogP contribution < -0.4 is 0 Å². The Labute approximate surface area is 171 Å². The lowest BCUT2D eigenvalue weighted by Gasteiger charge is -2.34. The van der Waals surface area contributed by atoms with Crippen molar-refractivity contribution >= 4 is 12.0 Å². The van der Waals surface area contributed by atoms with Crippen molar-refractivity contribution in [3.8, 4) is 11.3 Å². The summed E-state index contributed by atoms with van der Waals surface area (Å²) >= 11 is 0. The highest BCUT2D eigenvalue weighted by molar-refractivity contribution is 6.00. The molecule has 0 saturated carbocycles. The minimum Gasteiger partial charge on any atom is -0.360 e. The van der Waals surface area contributed by atoms with Crippen molar-refractivity contribution in [1.29, 1.82) is 0 Å². The molecule has 2 heterocycles. The summed E-state index contributed by atoms with van der Waals surface area (Å²) in [4.78, 5) is 17.4. The van der Waals surface area contributed by atoms with E-state index in [-0.39, 0.29) is 5.91 Å². The van der Waals surface area contributed by atoms with Crippen molar-refractivity contribution in [3.63, 3.8) is 0 Å². The predicted molar refractivity (Wildman–Crippen MR) is 114 cm³/mol. The molecular formula is C24H25N3O2. The van der Waals surface area contributed by atoms with E-state index in [1.54, 1.807) is 6.92 Å². The number of amides is 1. The molecule has 1 amide bonds. The quantitative estimate of drug-likeness (QED) is 0.661. The summed E-state index contributed by atoms with van der Waals surface area (Å²) in [5.41, 5.74) is 3.31. The van der Waals surface area contributed by atoms with Gasteiger partial charge in [-0.05, 0) is 12.5 Å². The molecule has 148 valence electrons. The normalized spacial score (nSPS) is 15.1. The fourth-order valence-corrected chi connectivity index (χ4v) is 3.61. The van der Waals surface area contributed by atoms with Crippen LogP contribution in [0, 0.1) is 6.92 Å². The molecule has 5 heteroatoms. The maximum Gasteiger partial charge on any atom is 0.259 e. The molecule has 0 bridgehead atoms. The average Bonchev–Trinajstić information content (AvgIpc) is 3.16. The van der Waals surface area contributed by atoms with E-state index in [1.807, 2.05) is 53.4 Å². The number of carbonyl (C=O) groups is 1. The number of aryl methyl sites for hydroxylation is 1. The van der Waals surface area contributed by atoms with Gasteiger partial charge in [-0.2, -0.15) is 0 Å². The highest BCUT2D eigenvalue weighted by atomic mass is 16.5. The highest BCUT2D eigenvalue weighted by Gasteiger charge is 2.28. The van der Waals surface area contributed by atoms with Gasteiger partial charge in [-0.15, -0.1) is 0 Å². The van der Waals surface area contributed by atoms with Crippen molar-refractivity contribution in [2.75, 3.05) is 32.7 Å². The Morgan fingerprint density at radius 3 is 2.34 bits per heavy atom. The molecule has 1 saturated heterocycles. The lowest BCUT2D eigenvalue weighted by Crippen LogP contribution is -2.48. The Morgan fingerprint density at radius 2 is 1.66 bits per heavy atom. The van der Waals surface area contributed by atoms with E-state index in [2.05, 4.69) is 34.3 Å². The Balaban J connectivity index is 1.38. The average molecular weight is 387 g/mol. The van der Waals surface area contributed by atoms with Gasteiger partial charge >= 0.3 is 0 Å². The van der Waals surface area contributed by atoms with Crippen LogP contribution in [0.5, 0.6) is 0 Å². The van der Waals surface area contributed by atoms with E-state index in [1.165, 1.54) is 5.56 Å². The lowest BCUT2D eigenvalue weighted by atomic mass is 10.0. The number of nitrogens with zero attached hydrogens (tertiary/aromatic N) is 3. The molecule has 0 aliphatic carbocycles. The Bertz CT molecular complexity index is 972. The van der Waals surface area contributed by atoms with Gasteiger partial charge in [-0.1, -0.05) is 78.0 Å². The molecule has 1 aromatic heterocycles. The molecule has 0 radical (unpaired) electrons. The zero-order valence-corrected chi connectivity index (χ0v) is 16.6. The third-order valence-corrected chi connectivity index (χ3v) is 5.26. The van der Waals surface area contributed by atoms with Gasteiger partial charge in [0.25, 0.3) is 5.91 Å². The zero-order chi connectivity index (χ0) is 20.1. The zero-order valence-electron chi connectivity index (χ0n) is 16.6. The predicted octanol–water partition coefficient (Wildman–Crippen LogP) is 4.12. The van der Waals surface area contributed by atoms with Crippen molar-refractivity contribution in [2.24, 2.45) is 0 Å². The van der Waals surface area contributed by atoms with Crippen LogP contribution in [0.2, 0.25) is 0 Å². The van der Waals surface area contributed by atoms with Gasteiger partial charge in [0.2, 0.25) is 0 Å². The fraction of sp³-hybridized carbons (Fsp3) is 0.250. The number of piperazine rings is 1. The van der Waals surface area contributed by atoms with E-state index in [0.29, 0.717) is 30.1 Å². The third kappa shape index (κ3) is 4.46. The van der Waals surface area contributed by atoms with Gasteiger partial charge in [0.1, 0.15) is 17.0 Å². The standard InChI is InChI=1S/C24H25N3O2/c1-19-22(23(25-29-19)21-12-6-3-7-13-21)24(28)27-17-15-26(16-18-27)14-8-11-20-9-4-2-5-10-20/h2-13H,14-18H2,1H3/b11-8-. The Morgan fingerprint density at radius 1 is 1.00 bits per heavy atom. The fourth-order valence-electron chi connectivity index (χ4n) is 3.61. The topological polar surface area (TPSA) is 49.6 Å². The van der Waals surface area contributed by atoms with E-state index in [0.717, 1.165) is 25.2 Å². The number of rotatable bonds is 5. The Hall–Kier alpha value is -3.18. The molecule has 0 unspecified atom stereocenters. The van der Waals surface area contributed by atoms with Crippen LogP contribution in [0.3, 0.4) is 0 Å². The smallest absolute Gasteiger partial charge is 0.259 e. The van der Waals surface area contributed by atoms with Crippen LogP contribution in [-0.4, -0.2) is 53.6 Å². The maximum atomic E-state index is 13.2. The lowest BCUT2D eigenvalue weighted by molar-refractivity contribution is 0.0649. The molecule has 1 aliphatic heterocycles. The van der Waals surface area contributed by atoms with Crippen LogP contribution in [-0.2, 0) is 0 Å². The first-order valence-corrected chi connectivity index (χ1v) is 9.97. The number of aromatic nitrogens is 1. The molecule has 3 aromatic rings. The van der Waals surface area contributed by atoms with E-state index in [9.17, 15) is 4.79 Å². The van der Waals surface area contributed by atoms with E-state index in [4.69, 9.17) is 4.52 Å². The summed E-state index contributed by atoms with van der Waals surface area (Å²) in [5, 5.41) is 4.14. The van der Waals surface area contributed by atoms with Crippen LogP contribution in [0.4, 0.5) is 0 Å². The molecule has 29 heavy (non-hydrogen) atoms. The summed E-state index contributed by atoms with van der Waals surface area (Å²) in [6.07, 6.45) is 4.33. The van der Waals surface area contributed by atoms with Gasteiger partial charge in [0.05, 0.1) is 0 Å². The second-order valence-corrected chi connectivity index (χ2v) is 7.23.